The molecule has 7 nitrogen and oxygen atoms in total. The average molecular weight is 506 g/mol. The van der Waals surface area contributed by atoms with E-state index in [1.54, 1.807) is 71.7 Å². The number of hydrogen-bond donors (Lipinski definition) is 1. The number of nitrogens with zero attached hydrogens (tertiary/aromatic N) is 4. The van der Waals surface area contributed by atoms with E-state index in [1.807, 2.05) is 18.2 Å². The van der Waals surface area contributed by atoms with Gasteiger partial charge in [-0.25, -0.2) is 14.8 Å². The van der Waals surface area contributed by atoms with Crippen LogP contribution in [0.4, 0.5) is 0 Å². The molecule has 5 rings (SSSR count). The van der Waals surface area contributed by atoms with Gasteiger partial charge in [0.1, 0.15) is 29.2 Å². The molecule has 4 aromatic heterocycles. The van der Waals surface area contributed by atoms with E-state index < -0.39 is 0 Å². The lowest BCUT2D eigenvalue weighted by Gasteiger charge is -2.11. The van der Waals surface area contributed by atoms with E-state index in [0.29, 0.717) is 27.3 Å². The lowest BCUT2D eigenvalue weighted by atomic mass is 10.1. The zero-order valence-corrected chi connectivity index (χ0v) is 19.8. The van der Waals surface area contributed by atoms with Crippen LogP contribution in [0.1, 0.15) is 11.1 Å². The van der Waals surface area contributed by atoms with Crippen LogP contribution in [0.25, 0.3) is 16.8 Å². The van der Waals surface area contributed by atoms with Crippen LogP contribution in [0.5, 0.6) is 11.6 Å². The summed E-state index contributed by atoms with van der Waals surface area (Å²) in [6.07, 6.45) is 4.95. The van der Waals surface area contributed by atoms with Crippen LogP contribution < -0.4 is 14.7 Å². The number of aromatic hydroxyl groups is 1. The van der Waals surface area contributed by atoms with Crippen molar-refractivity contribution in [1.82, 2.24) is 14.5 Å². The van der Waals surface area contributed by atoms with E-state index in [-0.39, 0.29) is 30.2 Å². The van der Waals surface area contributed by atoms with Crippen molar-refractivity contribution in [2.45, 2.75) is 13.2 Å². The van der Waals surface area contributed by atoms with Crippen LogP contribution in [-0.4, -0.2) is 19.6 Å². The maximum Gasteiger partial charge on any atom is 0.354 e. The molecule has 4 heterocycles. The summed E-state index contributed by atoms with van der Waals surface area (Å²) in [4.78, 5) is 21.6. The van der Waals surface area contributed by atoms with Crippen LogP contribution in [0.3, 0.4) is 0 Å². The molecule has 0 aliphatic rings. The number of benzene rings is 1. The molecule has 1 N–H and O–H groups in total. The Labute approximate surface area is 210 Å². The number of aromatic nitrogens is 4. The Hall–Kier alpha value is -3.94. The fourth-order valence-electron chi connectivity index (χ4n) is 3.78. The minimum atomic E-state index is -0.345. The molecule has 1 aromatic carbocycles. The van der Waals surface area contributed by atoms with Crippen molar-refractivity contribution < 1.29 is 14.2 Å². The van der Waals surface area contributed by atoms with E-state index in [1.165, 1.54) is 4.40 Å². The molecule has 174 valence electrons. The Morgan fingerprint density at radius 1 is 0.914 bits per heavy atom. The molecule has 0 aliphatic heterocycles. The first-order valence-electron chi connectivity index (χ1n) is 10.7. The van der Waals surface area contributed by atoms with Gasteiger partial charge >= 0.3 is 5.56 Å². The number of hydrogen-bond acceptors (Lipinski definition) is 5. The van der Waals surface area contributed by atoms with Crippen LogP contribution >= 0.6 is 23.2 Å². The highest BCUT2D eigenvalue weighted by molar-refractivity contribution is 6.29. The van der Waals surface area contributed by atoms with Crippen molar-refractivity contribution in [2.24, 2.45) is 0 Å². The summed E-state index contributed by atoms with van der Waals surface area (Å²) < 4.78 is 9.06. The maximum absolute atomic E-state index is 13.4. The van der Waals surface area contributed by atoms with Crippen molar-refractivity contribution in [1.29, 1.82) is 0 Å². The van der Waals surface area contributed by atoms with Gasteiger partial charge in [0.05, 0.1) is 6.20 Å². The SMILES string of the molecule is O=c1c(-c2cccc(OCc3ccc(Cl)nc3)c2)c(O)n(Cc2ccc(Cl)nc2)c2cccc[n+]12. The lowest BCUT2D eigenvalue weighted by Crippen LogP contribution is -2.43. The lowest BCUT2D eigenvalue weighted by molar-refractivity contribution is -0.532. The zero-order chi connectivity index (χ0) is 24.4. The first-order valence-corrected chi connectivity index (χ1v) is 11.5. The highest BCUT2D eigenvalue weighted by Crippen LogP contribution is 2.29. The van der Waals surface area contributed by atoms with Crippen molar-refractivity contribution in [3.63, 3.8) is 0 Å². The minimum absolute atomic E-state index is 0.157. The number of ether oxygens (including phenoxy) is 1. The van der Waals surface area contributed by atoms with Crippen molar-refractivity contribution >= 4 is 28.8 Å². The molecule has 5 aromatic rings. The topological polar surface area (TPSA) is 81.3 Å². The van der Waals surface area contributed by atoms with Gasteiger partial charge in [0.2, 0.25) is 0 Å². The summed E-state index contributed by atoms with van der Waals surface area (Å²) in [7, 11) is 0. The second kappa shape index (κ2) is 9.74. The van der Waals surface area contributed by atoms with E-state index >= 15 is 0 Å². The quantitative estimate of drug-likeness (QED) is 0.267. The summed E-state index contributed by atoms with van der Waals surface area (Å²) in [6, 6.07) is 19.4. The fraction of sp³-hybridized carbons (Fsp3) is 0.0769. The first kappa shape index (κ1) is 22.8. The standard InChI is InChI=1S/C26H18Cl2N4O3/c27-21-9-7-17(13-29-21)15-32-23-6-1-2-11-31(23)25(33)24(26(32)34)19-4-3-5-20(12-19)35-16-18-8-10-22(28)30-14-18/h1-14H,15-16H2/p+1. The van der Waals surface area contributed by atoms with E-state index in [9.17, 15) is 9.90 Å². The second-order valence-corrected chi connectivity index (χ2v) is 8.59. The average Bonchev–Trinajstić information content (AvgIpc) is 2.88. The fourth-order valence-corrected chi connectivity index (χ4v) is 4.00. The molecule has 0 amide bonds. The van der Waals surface area contributed by atoms with Crippen molar-refractivity contribution in [3.05, 3.63) is 117 Å². The molecule has 0 bridgehead atoms. The van der Waals surface area contributed by atoms with E-state index in [2.05, 4.69) is 9.97 Å². The second-order valence-electron chi connectivity index (χ2n) is 7.81. The number of pyridine rings is 3. The van der Waals surface area contributed by atoms with Gasteiger partial charge in [-0.2, -0.15) is 8.97 Å². The molecular formula is C26H19Cl2N4O3+. The largest absolute Gasteiger partial charge is 0.489 e. The number of fused-ring (bicyclic) bond motifs is 1. The van der Waals surface area contributed by atoms with Gasteiger partial charge in [-0.1, -0.05) is 53.5 Å². The third-order valence-corrected chi connectivity index (χ3v) is 5.92. The highest BCUT2D eigenvalue weighted by atomic mass is 35.5. The third-order valence-electron chi connectivity index (χ3n) is 5.47. The van der Waals surface area contributed by atoms with Gasteiger partial charge in [0.25, 0.3) is 11.5 Å². The van der Waals surface area contributed by atoms with Crippen molar-refractivity contribution in [3.8, 4) is 22.8 Å². The predicted octanol–water partition coefficient (Wildman–Crippen LogP) is 4.68. The van der Waals surface area contributed by atoms with Crippen LogP contribution in [-0.2, 0) is 13.2 Å². The third kappa shape index (κ3) is 4.82. The molecule has 0 radical (unpaired) electrons. The van der Waals surface area contributed by atoms with Gasteiger partial charge in [0.15, 0.2) is 5.56 Å². The molecule has 0 spiro atoms. The van der Waals surface area contributed by atoms with Crippen LogP contribution in [0.2, 0.25) is 10.3 Å². The molecule has 0 fully saturated rings. The summed E-state index contributed by atoms with van der Waals surface area (Å²) in [6.45, 7) is 0.566. The van der Waals surface area contributed by atoms with Gasteiger partial charge in [-0.05, 0) is 30.3 Å². The summed E-state index contributed by atoms with van der Waals surface area (Å²) >= 11 is 11.8. The molecule has 0 saturated carbocycles. The van der Waals surface area contributed by atoms with Crippen LogP contribution in [0, 0.1) is 0 Å². The monoisotopic (exact) mass is 505 g/mol. The van der Waals surface area contributed by atoms with Gasteiger partial charge < -0.3 is 9.84 Å². The Bertz CT molecular complexity index is 1570. The molecule has 0 aliphatic carbocycles. The first-order chi connectivity index (χ1) is 17.0. The van der Waals surface area contributed by atoms with Crippen LogP contribution in [0.15, 0.2) is 90.1 Å². The van der Waals surface area contributed by atoms with E-state index in [0.717, 1.165) is 11.1 Å². The number of rotatable bonds is 6. The smallest absolute Gasteiger partial charge is 0.354 e. The normalized spacial score (nSPS) is 11.0. The summed E-state index contributed by atoms with van der Waals surface area (Å²) in [5, 5.41) is 12.1. The van der Waals surface area contributed by atoms with Crippen molar-refractivity contribution in [2.75, 3.05) is 0 Å². The maximum atomic E-state index is 13.4. The Morgan fingerprint density at radius 2 is 1.66 bits per heavy atom. The molecule has 9 heteroatoms. The van der Waals surface area contributed by atoms with Gasteiger partial charge in [-0.3, -0.25) is 0 Å². The number of halogens is 2. The summed E-state index contributed by atoms with van der Waals surface area (Å²) in [5.41, 5.74) is 2.55. The Kier molecular flexibility index (Phi) is 6.35. The minimum Gasteiger partial charge on any atom is -0.489 e. The molecule has 0 unspecified atom stereocenters. The molecule has 0 atom stereocenters. The molecule has 35 heavy (non-hydrogen) atoms. The summed E-state index contributed by atoms with van der Waals surface area (Å²) in [5.74, 6) is 0.387. The van der Waals surface area contributed by atoms with Gasteiger partial charge in [-0.15, -0.1) is 0 Å². The molecule has 0 saturated heterocycles. The molecular weight excluding hydrogens is 487 g/mol. The predicted molar refractivity (Wildman–Crippen MR) is 133 cm³/mol. The van der Waals surface area contributed by atoms with E-state index in [4.69, 9.17) is 27.9 Å². The Balaban J connectivity index is 1.56. The zero-order valence-electron chi connectivity index (χ0n) is 18.3. The Morgan fingerprint density at radius 3 is 2.37 bits per heavy atom. The highest BCUT2D eigenvalue weighted by Gasteiger charge is 2.25. The van der Waals surface area contributed by atoms with Gasteiger partial charge in [0, 0.05) is 35.2 Å².